The van der Waals surface area contributed by atoms with Gasteiger partial charge in [0.05, 0.1) is 0 Å². The van der Waals surface area contributed by atoms with Gasteiger partial charge in [-0.25, -0.2) is 4.79 Å². The molecule has 0 aliphatic carbocycles. The lowest BCUT2D eigenvalue weighted by Crippen LogP contribution is -2.27. The molecule has 1 fully saturated rings. The summed E-state index contributed by atoms with van der Waals surface area (Å²) in [6.07, 6.45) is 3.46. The molecule has 3 nitrogen and oxygen atoms in total. The molecule has 3 heteroatoms. The van der Waals surface area contributed by atoms with Gasteiger partial charge in [-0.15, -0.1) is 0 Å². The van der Waals surface area contributed by atoms with Crippen LogP contribution in [0.15, 0.2) is 0 Å². The molecule has 1 aliphatic heterocycles. The van der Waals surface area contributed by atoms with Crippen LogP contribution in [0.1, 0.15) is 26.2 Å². The smallest absolute Gasteiger partial charge is 0.318 e. The van der Waals surface area contributed by atoms with Crippen LogP contribution in [0, 0.1) is 6.54 Å². The van der Waals surface area contributed by atoms with Gasteiger partial charge in [-0.1, -0.05) is 19.8 Å². The number of hydrogen-bond acceptors (Lipinski definition) is 1. The highest BCUT2D eigenvalue weighted by Crippen LogP contribution is 2.04. The van der Waals surface area contributed by atoms with Gasteiger partial charge in [0.25, 0.3) is 0 Å². The van der Waals surface area contributed by atoms with Gasteiger partial charge in [0.1, 0.15) is 6.54 Å². The average molecular weight is 154 g/mol. The molecule has 2 radical (unpaired) electrons. The number of carbonyl (C=O) groups excluding carboxylic acids is 1. The summed E-state index contributed by atoms with van der Waals surface area (Å²) in [6.45, 7) is 6.48. The van der Waals surface area contributed by atoms with E-state index in [1.165, 1.54) is 12.8 Å². The lowest BCUT2D eigenvalue weighted by molar-refractivity contribution is 0.222. The molecule has 0 bridgehead atoms. The van der Waals surface area contributed by atoms with Crippen LogP contribution in [0.4, 0.5) is 4.79 Å². The normalized spacial score (nSPS) is 17.2. The van der Waals surface area contributed by atoms with Crippen molar-refractivity contribution in [3.8, 4) is 0 Å². The van der Waals surface area contributed by atoms with Crippen LogP contribution in [0.2, 0.25) is 0 Å². The standard InChI is InChI=1S/C8H14N2O/c1-2-3-4-6-10-7-5-9-8(10)11/h2-6H2,1H3,(H,9,11). The minimum atomic E-state index is 0.00102. The van der Waals surface area contributed by atoms with Crippen molar-refractivity contribution in [3.63, 3.8) is 0 Å². The summed E-state index contributed by atoms with van der Waals surface area (Å²) in [5.74, 6) is 0. The monoisotopic (exact) mass is 154 g/mol. The summed E-state index contributed by atoms with van der Waals surface area (Å²) in [4.78, 5) is 12.6. The zero-order valence-corrected chi connectivity index (χ0v) is 6.89. The van der Waals surface area contributed by atoms with Crippen molar-refractivity contribution >= 4 is 6.03 Å². The molecule has 62 valence electrons. The van der Waals surface area contributed by atoms with E-state index in [0.717, 1.165) is 13.0 Å². The molecule has 1 aliphatic rings. The van der Waals surface area contributed by atoms with Gasteiger partial charge in [-0.3, -0.25) is 0 Å². The van der Waals surface area contributed by atoms with Crippen molar-refractivity contribution in [1.82, 2.24) is 10.2 Å². The number of nitrogens with zero attached hydrogens (tertiary/aromatic N) is 1. The molecule has 1 N–H and O–H groups in total. The maximum absolute atomic E-state index is 10.9. The first-order valence-electron chi connectivity index (χ1n) is 4.13. The zero-order valence-electron chi connectivity index (χ0n) is 6.89. The molecule has 0 aromatic heterocycles. The Balaban J connectivity index is 2.10. The van der Waals surface area contributed by atoms with E-state index in [0.29, 0.717) is 6.54 Å². The third-order valence-electron chi connectivity index (χ3n) is 1.74. The largest absolute Gasteiger partial charge is 0.335 e. The molecule has 0 spiro atoms. The van der Waals surface area contributed by atoms with Crippen LogP contribution in [-0.2, 0) is 0 Å². The van der Waals surface area contributed by atoms with E-state index in [1.807, 2.05) is 0 Å². The van der Waals surface area contributed by atoms with Crippen molar-refractivity contribution in [2.24, 2.45) is 0 Å². The highest BCUT2D eigenvalue weighted by atomic mass is 16.2. The Labute approximate surface area is 67.8 Å². The number of rotatable bonds is 4. The molecule has 2 amide bonds. The van der Waals surface area contributed by atoms with E-state index in [1.54, 1.807) is 4.90 Å². The molecule has 11 heavy (non-hydrogen) atoms. The van der Waals surface area contributed by atoms with Gasteiger partial charge < -0.3 is 10.2 Å². The first-order chi connectivity index (χ1) is 5.34. The lowest BCUT2D eigenvalue weighted by Gasteiger charge is -2.11. The highest BCUT2D eigenvalue weighted by molar-refractivity contribution is 5.77. The van der Waals surface area contributed by atoms with Crippen LogP contribution in [0.25, 0.3) is 0 Å². The summed E-state index contributed by atoms with van der Waals surface area (Å²) in [5, 5.41) is 2.67. The first kappa shape index (κ1) is 8.37. The Hall–Kier alpha value is -0.730. The molecular weight excluding hydrogens is 140 g/mol. The first-order valence-corrected chi connectivity index (χ1v) is 4.13. The summed E-state index contributed by atoms with van der Waals surface area (Å²) in [6, 6.07) is 0.00102. The fourth-order valence-corrected chi connectivity index (χ4v) is 1.08. The van der Waals surface area contributed by atoms with Crippen molar-refractivity contribution in [2.45, 2.75) is 26.2 Å². The second-order valence-electron chi connectivity index (χ2n) is 2.68. The predicted octanol–water partition coefficient (Wildman–Crippen LogP) is 1.24. The number of carbonyl (C=O) groups is 1. The summed E-state index contributed by atoms with van der Waals surface area (Å²) in [7, 11) is 0. The van der Waals surface area contributed by atoms with E-state index < -0.39 is 0 Å². The Bertz CT molecular complexity index is 136. The number of urea groups is 1. The van der Waals surface area contributed by atoms with E-state index in [2.05, 4.69) is 18.8 Å². The molecule has 0 aromatic carbocycles. The third kappa shape index (κ3) is 2.41. The van der Waals surface area contributed by atoms with Gasteiger partial charge in [0.2, 0.25) is 0 Å². The Morgan fingerprint density at radius 3 is 3.00 bits per heavy atom. The van der Waals surface area contributed by atoms with Crippen molar-refractivity contribution in [2.75, 3.05) is 13.1 Å². The number of amides is 2. The summed E-state index contributed by atoms with van der Waals surface area (Å²) >= 11 is 0. The molecule has 0 saturated carbocycles. The van der Waals surface area contributed by atoms with E-state index in [9.17, 15) is 4.79 Å². The van der Waals surface area contributed by atoms with Crippen LogP contribution in [0.5, 0.6) is 0 Å². The SMILES string of the molecule is CCCCCN1[C]CNC1=O. The van der Waals surface area contributed by atoms with E-state index >= 15 is 0 Å². The minimum Gasteiger partial charge on any atom is -0.335 e. The number of unbranched alkanes of at least 4 members (excludes halogenated alkanes) is 2. The lowest BCUT2D eigenvalue weighted by atomic mass is 10.2. The van der Waals surface area contributed by atoms with Crippen LogP contribution >= 0.6 is 0 Å². The van der Waals surface area contributed by atoms with Crippen molar-refractivity contribution in [1.29, 1.82) is 0 Å². The quantitative estimate of drug-likeness (QED) is 0.607. The van der Waals surface area contributed by atoms with Crippen LogP contribution in [-0.4, -0.2) is 24.0 Å². The highest BCUT2D eigenvalue weighted by Gasteiger charge is 2.19. The topological polar surface area (TPSA) is 32.3 Å². The Morgan fingerprint density at radius 1 is 1.64 bits per heavy atom. The van der Waals surface area contributed by atoms with Crippen LogP contribution < -0.4 is 5.32 Å². The molecule has 0 unspecified atom stereocenters. The second kappa shape index (κ2) is 4.21. The van der Waals surface area contributed by atoms with Gasteiger partial charge in [-0.05, 0) is 6.42 Å². The molecule has 1 saturated heterocycles. The van der Waals surface area contributed by atoms with E-state index in [4.69, 9.17) is 0 Å². The van der Waals surface area contributed by atoms with Crippen molar-refractivity contribution in [3.05, 3.63) is 6.54 Å². The third-order valence-corrected chi connectivity index (χ3v) is 1.74. The average Bonchev–Trinajstić information content (AvgIpc) is 2.37. The summed E-state index contributed by atoms with van der Waals surface area (Å²) in [5.41, 5.74) is 0. The van der Waals surface area contributed by atoms with Gasteiger partial charge >= 0.3 is 6.03 Å². The predicted molar refractivity (Wildman–Crippen MR) is 42.9 cm³/mol. The molecule has 1 rings (SSSR count). The van der Waals surface area contributed by atoms with Crippen molar-refractivity contribution < 1.29 is 4.79 Å². The van der Waals surface area contributed by atoms with E-state index in [-0.39, 0.29) is 6.03 Å². The fraction of sp³-hybridized carbons (Fsp3) is 0.750. The number of hydrogen-bond donors (Lipinski definition) is 1. The Kier molecular flexibility index (Phi) is 3.20. The summed E-state index contributed by atoms with van der Waals surface area (Å²) < 4.78 is 0. The van der Waals surface area contributed by atoms with Gasteiger partial charge in [0, 0.05) is 13.1 Å². The maximum atomic E-state index is 10.9. The fourth-order valence-electron chi connectivity index (χ4n) is 1.08. The molecule has 1 heterocycles. The Morgan fingerprint density at radius 2 is 2.45 bits per heavy atom. The molecule has 0 aromatic rings. The zero-order chi connectivity index (χ0) is 8.10. The van der Waals surface area contributed by atoms with Gasteiger partial charge in [-0.2, -0.15) is 0 Å². The molecular formula is C8H14N2O. The van der Waals surface area contributed by atoms with Crippen LogP contribution in [0.3, 0.4) is 0 Å². The van der Waals surface area contributed by atoms with Gasteiger partial charge in [0.15, 0.2) is 0 Å². The second-order valence-corrected chi connectivity index (χ2v) is 2.68. The number of nitrogens with one attached hydrogen (secondary N) is 1. The maximum Gasteiger partial charge on any atom is 0.318 e. The molecule has 0 atom stereocenters. The minimum absolute atomic E-state index is 0.00102.